The van der Waals surface area contributed by atoms with Crippen LogP contribution in [0.5, 0.6) is 11.5 Å². The Morgan fingerprint density at radius 3 is 2.24 bits per heavy atom. The van der Waals surface area contributed by atoms with Crippen LogP contribution in [0.25, 0.3) is 22.5 Å². The van der Waals surface area contributed by atoms with E-state index >= 15 is 0 Å². The number of aryl methyl sites for hydroxylation is 1. The van der Waals surface area contributed by atoms with Crippen LogP contribution < -0.4 is 14.8 Å². The van der Waals surface area contributed by atoms with Crippen molar-refractivity contribution in [1.29, 1.82) is 0 Å². The fraction of sp³-hybridized carbons (Fsp3) is 0.406. The first-order chi connectivity index (χ1) is 20.5. The van der Waals surface area contributed by atoms with Gasteiger partial charge in [-0.3, -0.25) is 0 Å². The van der Waals surface area contributed by atoms with Crippen LogP contribution in [0.1, 0.15) is 39.5 Å². The number of urea groups is 1. The lowest BCUT2D eigenvalue weighted by atomic mass is 10.0. The van der Waals surface area contributed by atoms with Crippen molar-refractivity contribution in [2.24, 2.45) is 0 Å². The maximum Gasteiger partial charge on any atom is 0.317 e. The number of amides is 2. The van der Waals surface area contributed by atoms with E-state index in [4.69, 9.17) is 14.5 Å². The number of H-pyrrole nitrogens is 1. The van der Waals surface area contributed by atoms with E-state index in [1.807, 2.05) is 84.4 Å². The molecule has 0 spiro atoms. The topological polar surface area (TPSA) is 97.3 Å². The van der Waals surface area contributed by atoms with Gasteiger partial charge in [0.15, 0.2) is 5.16 Å². The van der Waals surface area contributed by atoms with Crippen LogP contribution in [0.15, 0.2) is 72.4 Å². The monoisotopic (exact) mass is 590 g/mol. The summed E-state index contributed by atoms with van der Waals surface area (Å²) in [6, 6.07) is 16.1. The van der Waals surface area contributed by atoms with Crippen molar-refractivity contribution in [3.8, 4) is 34.0 Å². The minimum Gasteiger partial charge on any atom is -0.497 e. The summed E-state index contributed by atoms with van der Waals surface area (Å²) in [5.74, 6) is 2.57. The zero-order valence-corrected chi connectivity index (χ0v) is 25.8. The lowest BCUT2D eigenvalue weighted by molar-refractivity contribution is 0.192. The van der Waals surface area contributed by atoms with E-state index in [2.05, 4.69) is 15.3 Å². The molecular weight excluding hydrogens is 548 g/mol. The zero-order chi connectivity index (χ0) is 29.7. The first-order valence-corrected chi connectivity index (χ1v) is 15.5. The second-order valence-electron chi connectivity index (χ2n) is 10.4. The molecule has 2 amide bonds. The van der Waals surface area contributed by atoms with Crippen LogP contribution >= 0.6 is 11.8 Å². The minimum atomic E-state index is 0.0118. The van der Waals surface area contributed by atoms with Gasteiger partial charge in [-0.15, -0.1) is 0 Å². The third-order valence-electron chi connectivity index (χ3n) is 6.84. The molecular formula is C32H42N6O3S. The fourth-order valence-electron chi connectivity index (χ4n) is 4.61. The van der Waals surface area contributed by atoms with Gasteiger partial charge in [-0.05, 0) is 81.6 Å². The van der Waals surface area contributed by atoms with Gasteiger partial charge in [0.25, 0.3) is 0 Å². The van der Waals surface area contributed by atoms with E-state index in [1.54, 1.807) is 32.2 Å². The van der Waals surface area contributed by atoms with Crippen molar-refractivity contribution in [1.82, 2.24) is 29.7 Å². The van der Waals surface area contributed by atoms with Crippen LogP contribution in [0.4, 0.5) is 4.79 Å². The number of carbonyl (C=O) groups is 1. The number of methoxy groups -OCH3 is 2. The standard InChI is InChI=1S/C32H42N6O3S/c1-24(2)34-32(39)38(20-8-18-37-21-17-33-23-37)19-6-5-7-22-42-31-35-29(25-9-13-27(40-3)14-10-25)30(36-31)26-11-15-28(41-4)16-12-26/h9-17,21,23-24H,5-8,18-20,22H2,1-4H3,(H,34,39)(H,35,36). The molecule has 2 N–H and O–H groups in total. The maximum atomic E-state index is 12.8. The normalized spacial score (nSPS) is 11.1. The number of nitrogens with one attached hydrogen (secondary N) is 2. The number of nitrogens with zero attached hydrogens (tertiary/aromatic N) is 4. The van der Waals surface area contributed by atoms with Crippen LogP contribution in [-0.4, -0.2) is 69.6 Å². The first-order valence-electron chi connectivity index (χ1n) is 14.5. The molecule has 4 rings (SSSR count). The Morgan fingerprint density at radius 2 is 1.62 bits per heavy atom. The van der Waals surface area contributed by atoms with Crippen molar-refractivity contribution in [2.45, 2.75) is 57.3 Å². The quantitative estimate of drug-likeness (QED) is 0.111. The van der Waals surface area contributed by atoms with E-state index in [-0.39, 0.29) is 12.1 Å². The number of ether oxygens (including phenoxy) is 2. The molecule has 0 fully saturated rings. The molecule has 10 heteroatoms. The Labute approximate surface area is 253 Å². The lowest BCUT2D eigenvalue weighted by Crippen LogP contribution is -2.44. The Kier molecular flexibility index (Phi) is 11.8. The molecule has 0 aliphatic rings. The molecule has 0 aliphatic heterocycles. The van der Waals surface area contributed by atoms with Crippen molar-refractivity contribution >= 4 is 17.8 Å². The SMILES string of the molecule is COc1ccc(-c2nc(SCCCCCN(CCCn3ccnc3)C(=O)NC(C)C)[nH]c2-c2ccc(OC)cc2)cc1. The van der Waals surface area contributed by atoms with Crippen LogP contribution in [-0.2, 0) is 6.54 Å². The van der Waals surface area contributed by atoms with Crippen molar-refractivity contribution < 1.29 is 14.3 Å². The number of rotatable bonds is 16. The van der Waals surface area contributed by atoms with Crippen molar-refractivity contribution in [3.05, 3.63) is 67.3 Å². The van der Waals surface area contributed by atoms with Crippen molar-refractivity contribution in [2.75, 3.05) is 33.1 Å². The Balaban J connectivity index is 1.32. The van der Waals surface area contributed by atoms with Gasteiger partial charge in [-0.1, -0.05) is 18.2 Å². The van der Waals surface area contributed by atoms with E-state index in [1.165, 1.54) is 0 Å². The number of unbranched alkanes of at least 4 members (excludes halogenated alkanes) is 2. The molecule has 4 aromatic rings. The van der Waals surface area contributed by atoms with Crippen LogP contribution in [0.3, 0.4) is 0 Å². The molecule has 2 aromatic carbocycles. The predicted octanol–water partition coefficient (Wildman–Crippen LogP) is 6.73. The van der Waals surface area contributed by atoms with Gasteiger partial charge in [0, 0.05) is 54.9 Å². The third-order valence-corrected chi connectivity index (χ3v) is 7.80. The van der Waals surface area contributed by atoms with Gasteiger partial charge < -0.3 is 29.2 Å². The Morgan fingerprint density at radius 1 is 0.952 bits per heavy atom. The number of thioether (sulfide) groups is 1. The van der Waals surface area contributed by atoms with E-state index in [9.17, 15) is 4.79 Å². The maximum absolute atomic E-state index is 12.8. The van der Waals surface area contributed by atoms with E-state index < -0.39 is 0 Å². The molecule has 0 bridgehead atoms. The molecule has 0 saturated carbocycles. The van der Waals surface area contributed by atoms with Crippen LogP contribution in [0, 0.1) is 0 Å². The summed E-state index contributed by atoms with van der Waals surface area (Å²) in [4.78, 5) is 27.3. The largest absolute Gasteiger partial charge is 0.497 e. The number of hydrogen-bond donors (Lipinski definition) is 2. The number of aromatic nitrogens is 4. The Bertz CT molecular complexity index is 1290. The number of imidazole rings is 2. The molecule has 2 heterocycles. The first kappa shape index (κ1) is 31.0. The number of aromatic amines is 1. The predicted molar refractivity (Wildman–Crippen MR) is 169 cm³/mol. The lowest BCUT2D eigenvalue weighted by Gasteiger charge is -2.24. The number of carbonyl (C=O) groups excluding carboxylic acids is 1. The summed E-state index contributed by atoms with van der Waals surface area (Å²) in [6.07, 6.45) is 9.48. The smallest absolute Gasteiger partial charge is 0.317 e. The Hall–Kier alpha value is -3.92. The highest BCUT2D eigenvalue weighted by molar-refractivity contribution is 7.99. The third kappa shape index (κ3) is 9.04. The summed E-state index contributed by atoms with van der Waals surface area (Å²) < 4.78 is 12.7. The number of hydrogen-bond acceptors (Lipinski definition) is 6. The fourth-order valence-corrected chi connectivity index (χ4v) is 5.48. The highest BCUT2D eigenvalue weighted by atomic mass is 32.2. The van der Waals surface area contributed by atoms with Crippen LogP contribution in [0.2, 0.25) is 0 Å². The molecule has 224 valence electrons. The molecule has 0 saturated heterocycles. The van der Waals surface area contributed by atoms with E-state index in [0.717, 1.165) is 90.2 Å². The van der Waals surface area contributed by atoms with Gasteiger partial charge in [0.2, 0.25) is 0 Å². The van der Waals surface area contributed by atoms with Crippen molar-refractivity contribution in [3.63, 3.8) is 0 Å². The molecule has 42 heavy (non-hydrogen) atoms. The average Bonchev–Trinajstić information content (AvgIpc) is 3.68. The molecule has 0 radical (unpaired) electrons. The minimum absolute atomic E-state index is 0.0118. The second kappa shape index (κ2) is 15.9. The number of benzene rings is 2. The van der Waals surface area contributed by atoms with Gasteiger partial charge >= 0.3 is 6.03 Å². The summed E-state index contributed by atoms with van der Waals surface area (Å²) in [5.41, 5.74) is 3.96. The highest BCUT2D eigenvalue weighted by Crippen LogP contribution is 2.34. The summed E-state index contributed by atoms with van der Waals surface area (Å²) >= 11 is 1.73. The summed E-state index contributed by atoms with van der Waals surface area (Å²) in [6.45, 7) is 6.31. The van der Waals surface area contributed by atoms with E-state index in [0.29, 0.717) is 0 Å². The molecule has 0 unspecified atom stereocenters. The summed E-state index contributed by atoms with van der Waals surface area (Å²) in [7, 11) is 3.34. The summed E-state index contributed by atoms with van der Waals surface area (Å²) in [5, 5.41) is 3.94. The van der Waals surface area contributed by atoms with Gasteiger partial charge in [-0.2, -0.15) is 0 Å². The average molecular weight is 591 g/mol. The highest BCUT2D eigenvalue weighted by Gasteiger charge is 2.16. The zero-order valence-electron chi connectivity index (χ0n) is 25.0. The van der Waals surface area contributed by atoms with Gasteiger partial charge in [0.05, 0.1) is 31.9 Å². The molecule has 2 aromatic heterocycles. The van der Waals surface area contributed by atoms with Gasteiger partial charge in [-0.25, -0.2) is 14.8 Å². The molecule has 0 atom stereocenters. The molecule has 0 aliphatic carbocycles. The molecule has 9 nitrogen and oxygen atoms in total. The van der Waals surface area contributed by atoms with Gasteiger partial charge in [0.1, 0.15) is 11.5 Å². The second-order valence-corrected chi connectivity index (χ2v) is 11.5.